The largest absolute Gasteiger partial charge is 0.325 e. The Morgan fingerprint density at radius 1 is 0.968 bits per heavy atom. The molecule has 0 radical (unpaired) electrons. The molecule has 2 heterocycles. The van der Waals surface area contributed by atoms with E-state index in [2.05, 4.69) is 10.3 Å². The average molecular weight is 438 g/mol. The molecule has 1 saturated heterocycles. The van der Waals surface area contributed by atoms with Crippen molar-refractivity contribution < 1.29 is 13.2 Å². The SMILES string of the molecule is O=C(CCc1ccc(S(=O)(=O)N2CCCCCC2)cc1)Nc1cnc2ccccc2c1. The molecule has 4 rings (SSSR count). The van der Waals surface area contributed by atoms with Crippen LogP contribution in [0.25, 0.3) is 10.9 Å². The topological polar surface area (TPSA) is 79.4 Å². The van der Waals surface area contributed by atoms with Crippen molar-refractivity contribution in [2.24, 2.45) is 0 Å². The molecule has 7 heteroatoms. The molecule has 0 unspecified atom stereocenters. The van der Waals surface area contributed by atoms with E-state index in [1.54, 1.807) is 34.8 Å². The number of nitrogens with zero attached hydrogens (tertiary/aromatic N) is 2. The molecular formula is C24H27N3O3S. The highest BCUT2D eigenvalue weighted by atomic mass is 32.2. The van der Waals surface area contributed by atoms with E-state index in [0.717, 1.165) is 42.1 Å². The van der Waals surface area contributed by atoms with Crippen LogP contribution < -0.4 is 5.32 Å². The van der Waals surface area contributed by atoms with Crippen molar-refractivity contribution in [3.63, 3.8) is 0 Å². The number of sulfonamides is 1. The van der Waals surface area contributed by atoms with Crippen molar-refractivity contribution in [2.45, 2.75) is 43.4 Å². The van der Waals surface area contributed by atoms with E-state index in [0.29, 0.717) is 36.5 Å². The second kappa shape index (κ2) is 9.58. The second-order valence-electron chi connectivity index (χ2n) is 7.93. The summed E-state index contributed by atoms with van der Waals surface area (Å²) in [7, 11) is -3.44. The molecule has 1 N–H and O–H groups in total. The summed E-state index contributed by atoms with van der Waals surface area (Å²) >= 11 is 0. The van der Waals surface area contributed by atoms with Crippen LogP contribution in [-0.4, -0.2) is 36.7 Å². The van der Waals surface area contributed by atoms with Gasteiger partial charge in [-0.05, 0) is 49.1 Å². The number of hydrogen-bond acceptors (Lipinski definition) is 4. The van der Waals surface area contributed by atoms with E-state index in [9.17, 15) is 13.2 Å². The molecule has 0 saturated carbocycles. The molecule has 1 aliphatic heterocycles. The van der Waals surface area contributed by atoms with Gasteiger partial charge in [0.2, 0.25) is 15.9 Å². The van der Waals surface area contributed by atoms with E-state index in [1.807, 2.05) is 30.3 Å². The van der Waals surface area contributed by atoms with Gasteiger partial charge in [0.05, 0.1) is 22.3 Å². The number of anilines is 1. The van der Waals surface area contributed by atoms with E-state index in [1.165, 1.54) is 0 Å². The summed E-state index contributed by atoms with van der Waals surface area (Å²) in [6, 6.07) is 16.6. The summed E-state index contributed by atoms with van der Waals surface area (Å²) in [5.74, 6) is -0.0988. The Hall–Kier alpha value is -2.77. The number of benzene rings is 2. The van der Waals surface area contributed by atoms with E-state index >= 15 is 0 Å². The third-order valence-electron chi connectivity index (χ3n) is 5.64. The Morgan fingerprint density at radius 3 is 2.42 bits per heavy atom. The first-order valence-electron chi connectivity index (χ1n) is 10.8. The highest BCUT2D eigenvalue weighted by Gasteiger charge is 2.24. The van der Waals surface area contributed by atoms with Gasteiger partial charge in [-0.3, -0.25) is 9.78 Å². The first-order chi connectivity index (χ1) is 15.0. The van der Waals surface area contributed by atoms with Gasteiger partial charge in [0, 0.05) is 24.9 Å². The maximum absolute atomic E-state index is 12.9. The van der Waals surface area contributed by atoms with E-state index in [-0.39, 0.29) is 5.91 Å². The van der Waals surface area contributed by atoms with E-state index in [4.69, 9.17) is 0 Å². The van der Waals surface area contributed by atoms with Crippen LogP contribution in [0.4, 0.5) is 5.69 Å². The summed E-state index contributed by atoms with van der Waals surface area (Å²) in [5.41, 5.74) is 2.49. The van der Waals surface area contributed by atoms with Crippen LogP contribution in [0.1, 0.15) is 37.7 Å². The minimum absolute atomic E-state index is 0.0988. The molecule has 1 aromatic heterocycles. The average Bonchev–Trinajstić information content (AvgIpc) is 3.08. The molecule has 162 valence electrons. The van der Waals surface area contributed by atoms with Gasteiger partial charge in [0.15, 0.2) is 0 Å². The lowest BCUT2D eigenvalue weighted by Crippen LogP contribution is -2.31. The van der Waals surface area contributed by atoms with Crippen molar-refractivity contribution in [2.75, 3.05) is 18.4 Å². The fraction of sp³-hybridized carbons (Fsp3) is 0.333. The first kappa shape index (κ1) is 21.5. The lowest BCUT2D eigenvalue weighted by atomic mass is 10.1. The van der Waals surface area contributed by atoms with Crippen LogP contribution in [0.2, 0.25) is 0 Å². The lowest BCUT2D eigenvalue weighted by Gasteiger charge is -2.20. The van der Waals surface area contributed by atoms with E-state index < -0.39 is 10.0 Å². The number of hydrogen-bond donors (Lipinski definition) is 1. The van der Waals surface area contributed by atoms with Gasteiger partial charge in [-0.25, -0.2) is 8.42 Å². The van der Waals surface area contributed by atoms with Gasteiger partial charge in [0.1, 0.15) is 0 Å². The summed E-state index contributed by atoms with van der Waals surface area (Å²) in [6.07, 6.45) is 6.51. The number of fused-ring (bicyclic) bond motifs is 1. The van der Waals surface area contributed by atoms with Crippen LogP contribution in [0.15, 0.2) is 65.7 Å². The molecule has 2 aromatic carbocycles. The minimum atomic E-state index is -3.44. The number of para-hydroxylation sites is 1. The predicted octanol–water partition coefficient (Wildman–Crippen LogP) is 4.37. The minimum Gasteiger partial charge on any atom is -0.325 e. The fourth-order valence-electron chi connectivity index (χ4n) is 3.88. The van der Waals surface area contributed by atoms with Crippen LogP contribution in [0.5, 0.6) is 0 Å². The number of carbonyl (C=O) groups excluding carboxylic acids is 1. The molecule has 31 heavy (non-hydrogen) atoms. The first-order valence-corrected chi connectivity index (χ1v) is 12.2. The number of amides is 1. The molecule has 0 aliphatic carbocycles. The summed E-state index contributed by atoms with van der Waals surface area (Å²) < 4.78 is 27.3. The number of nitrogens with one attached hydrogen (secondary N) is 1. The maximum atomic E-state index is 12.9. The fourth-order valence-corrected chi connectivity index (χ4v) is 5.40. The zero-order valence-electron chi connectivity index (χ0n) is 17.5. The Morgan fingerprint density at radius 2 is 1.68 bits per heavy atom. The van der Waals surface area contributed by atoms with Crippen molar-refractivity contribution in [3.8, 4) is 0 Å². The van der Waals surface area contributed by atoms with Crippen LogP contribution in [0.3, 0.4) is 0 Å². The van der Waals surface area contributed by atoms with Crippen LogP contribution in [0, 0.1) is 0 Å². The van der Waals surface area contributed by atoms with Crippen molar-refractivity contribution in [1.82, 2.24) is 9.29 Å². The van der Waals surface area contributed by atoms with Gasteiger partial charge < -0.3 is 5.32 Å². The highest BCUT2D eigenvalue weighted by molar-refractivity contribution is 7.89. The Labute approximate surface area is 183 Å². The monoisotopic (exact) mass is 437 g/mol. The summed E-state index contributed by atoms with van der Waals surface area (Å²) in [5, 5.41) is 3.86. The second-order valence-corrected chi connectivity index (χ2v) is 9.87. The maximum Gasteiger partial charge on any atom is 0.243 e. The lowest BCUT2D eigenvalue weighted by molar-refractivity contribution is -0.116. The number of aryl methyl sites for hydroxylation is 1. The molecule has 1 amide bonds. The standard InChI is InChI=1S/C24H27N3O3S/c28-24(26-21-17-20-7-3-4-8-23(20)25-18-21)14-11-19-9-12-22(13-10-19)31(29,30)27-15-5-1-2-6-16-27/h3-4,7-10,12-13,17-18H,1-2,5-6,11,14-16H2,(H,26,28). The molecule has 1 aliphatic rings. The highest BCUT2D eigenvalue weighted by Crippen LogP contribution is 2.21. The van der Waals surface area contributed by atoms with Gasteiger partial charge in [0.25, 0.3) is 0 Å². The smallest absolute Gasteiger partial charge is 0.243 e. The quantitative estimate of drug-likeness (QED) is 0.621. The zero-order chi connectivity index (χ0) is 21.7. The molecule has 6 nitrogen and oxygen atoms in total. The van der Waals surface area contributed by atoms with Gasteiger partial charge in [-0.1, -0.05) is 43.2 Å². The number of carbonyl (C=O) groups is 1. The van der Waals surface area contributed by atoms with Gasteiger partial charge in [-0.2, -0.15) is 4.31 Å². The number of pyridine rings is 1. The number of rotatable bonds is 6. The van der Waals surface area contributed by atoms with Crippen LogP contribution in [-0.2, 0) is 21.2 Å². The third kappa shape index (κ3) is 5.29. The Balaban J connectivity index is 1.34. The molecular weight excluding hydrogens is 410 g/mol. The van der Waals surface area contributed by atoms with Crippen molar-refractivity contribution >= 4 is 32.5 Å². The zero-order valence-corrected chi connectivity index (χ0v) is 18.3. The summed E-state index contributed by atoms with van der Waals surface area (Å²) in [6.45, 7) is 1.18. The van der Waals surface area contributed by atoms with Crippen LogP contribution >= 0.6 is 0 Å². The molecule has 0 atom stereocenters. The Bertz CT molecular complexity index is 1150. The Kier molecular flexibility index (Phi) is 6.63. The third-order valence-corrected chi connectivity index (χ3v) is 7.55. The molecule has 0 spiro atoms. The normalized spacial score (nSPS) is 15.5. The molecule has 3 aromatic rings. The van der Waals surface area contributed by atoms with Crippen molar-refractivity contribution in [1.29, 1.82) is 0 Å². The predicted molar refractivity (Wildman–Crippen MR) is 122 cm³/mol. The van der Waals surface area contributed by atoms with Crippen molar-refractivity contribution in [3.05, 3.63) is 66.4 Å². The van der Waals surface area contributed by atoms with Gasteiger partial charge >= 0.3 is 0 Å². The number of aromatic nitrogens is 1. The molecule has 1 fully saturated rings. The summed E-state index contributed by atoms with van der Waals surface area (Å²) in [4.78, 5) is 17.0. The molecule has 0 bridgehead atoms. The van der Waals surface area contributed by atoms with Gasteiger partial charge in [-0.15, -0.1) is 0 Å².